The van der Waals surface area contributed by atoms with Gasteiger partial charge in [0.1, 0.15) is 0 Å². The van der Waals surface area contributed by atoms with Crippen molar-refractivity contribution in [1.82, 2.24) is 5.32 Å². The van der Waals surface area contributed by atoms with Gasteiger partial charge in [0.2, 0.25) is 5.91 Å². The van der Waals surface area contributed by atoms with E-state index in [1.165, 1.54) is 32.1 Å². The van der Waals surface area contributed by atoms with Gasteiger partial charge in [-0.15, -0.1) is 0 Å². The lowest BCUT2D eigenvalue weighted by Crippen LogP contribution is -2.26. The van der Waals surface area contributed by atoms with E-state index < -0.39 is 0 Å². The summed E-state index contributed by atoms with van der Waals surface area (Å²) in [5.74, 6) is 0.270. The van der Waals surface area contributed by atoms with E-state index in [2.05, 4.69) is 42.5 Å². The molecule has 1 aliphatic heterocycles. The Kier molecular flexibility index (Phi) is 5.28. The smallest absolute Gasteiger partial charge is 0.220 e. The second-order valence-corrected chi connectivity index (χ2v) is 4.01. The lowest BCUT2D eigenvalue weighted by atomic mass is 9.73. The lowest BCUT2D eigenvalue weighted by Gasteiger charge is -2.31. The fourth-order valence-corrected chi connectivity index (χ4v) is 2.41. The molecule has 1 aliphatic carbocycles. The molecule has 1 amide bonds. The average Bonchev–Trinajstić information content (AvgIpc) is 2.52. The Morgan fingerprint density at radius 3 is 2.23 bits per heavy atom. The summed E-state index contributed by atoms with van der Waals surface area (Å²) < 4.78 is 0. The molecule has 1 saturated carbocycles. The molecule has 0 unspecified atom stereocenters. The SMILES string of the molecule is II.O=C1CC2(CCCCC2)CN1. The van der Waals surface area contributed by atoms with E-state index >= 15 is 0 Å². The van der Waals surface area contributed by atoms with Crippen molar-refractivity contribution in [2.45, 2.75) is 38.5 Å². The normalized spacial score (nSPS) is 24.9. The highest BCUT2D eigenvalue weighted by molar-refractivity contribution is 15.0. The molecule has 13 heavy (non-hydrogen) atoms. The van der Waals surface area contributed by atoms with Gasteiger partial charge in [-0.05, 0) is 18.3 Å². The maximum atomic E-state index is 11.0. The van der Waals surface area contributed by atoms with Gasteiger partial charge in [0, 0.05) is 50.2 Å². The Morgan fingerprint density at radius 2 is 1.77 bits per heavy atom. The van der Waals surface area contributed by atoms with Crippen molar-refractivity contribution in [2.24, 2.45) is 5.41 Å². The van der Waals surface area contributed by atoms with Gasteiger partial charge in [-0.1, -0.05) is 19.3 Å². The van der Waals surface area contributed by atoms with Crippen molar-refractivity contribution in [3.05, 3.63) is 0 Å². The molecule has 0 aromatic rings. The van der Waals surface area contributed by atoms with Crippen LogP contribution in [0.25, 0.3) is 0 Å². The fourth-order valence-electron chi connectivity index (χ4n) is 2.41. The Hall–Kier alpha value is 0.930. The molecular formula is C9H15I2NO. The van der Waals surface area contributed by atoms with E-state index in [1.54, 1.807) is 0 Å². The van der Waals surface area contributed by atoms with E-state index in [1.807, 2.05) is 0 Å². The van der Waals surface area contributed by atoms with Gasteiger partial charge in [-0.2, -0.15) is 0 Å². The molecule has 76 valence electrons. The Balaban J connectivity index is 0.000000396. The highest BCUT2D eigenvalue weighted by Gasteiger charge is 2.38. The lowest BCUT2D eigenvalue weighted by molar-refractivity contribution is -0.119. The molecule has 0 aromatic heterocycles. The topological polar surface area (TPSA) is 29.1 Å². The molecule has 0 aromatic carbocycles. The zero-order valence-corrected chi connectivity index (χ0v) is 11.9. The largest absolute Gasteiger partial charge is 0.356 e. The van der Waals surface area contributed by atoms with Crippen molar-refractivity contribution in [3.8, 4) is 0 Å². The molecule has 1 N–H and O–H groups in total. The summed E-state index contributed by atoms with van der Waals surface area (Å²) in [5, 5.41) is 2.94. The summed E-state index contributed by atoms with van der Waals surface area (Å²) in [6.07, 6.45) is 7.37. The van der Waals surface area contributed by atoms with Crippen LogP contribution in [0.4, 0.5) is 0 Å². The van der Waals surface area contributed by atoms with Crippen molar-refractivity contribution in [1.29, 1.82) is 0 Å². The minimum atomic E-state index is 0.270. The standard InChI is InChI=1S/C9H15NO.I2/c11-8-6-9(7-10-8)4-2-1-3-5-9;1-2/h1-7H2,(H,10,11);. The minimum absolute atomic E-state index is 0.270. The zero-order chi connectivity index (χ0) is 9.73. The van der Waals surface area contributed by atoms with Crippen molar-refractivity contribution >= 4 is 43.1 Å². The monoisotopic (exact) mass is 407 g/mol. The first-order chi connectivity index (χ1) is 6.31. The van der Waals surface area contributed by atoms with Crippen LogP contribution in [0.2, 0.25) is 0 Å². The Morgan fingerprint density at radius 1 is 1.15 bits per heavy atom. The van der Waals surface area contributed by atoms with Crippen molar-refractivity contribution in [2.75, 3.05) is 6.54 Å². The third-order valence-electron chi connectivity index (χ3n) is 3.11. The minimum Gasteiger partial charge on any atom is -0.356 e. The van der Waals surface area contributed by atoms with Crippen LogP contribution >= 0.6 is 37.2 Å². The highest BCUT2D eigenvalue weighted by atomic mass is 128. The van der Waals surface area contributed by atoms with Crippen molar-refractivity contribution in [3.63, 3.8) is 0 Å². The predicted octanol–water partition coefficient (Wildman–Crippen LogP) is 3.23. The molecule has 1 heterocycles. The maximum absolute atomic E-state index is 11.0. The molecule has 4 heteroatoms. The van der Waals surface area contributed by atoms with Crippen LogP contribution in [-0.2, 0) is 4.79 Å². The summed E-state index contributed by atoms with van der Waals surface area (Å²) in [6, 6.07) is 0. The van der Waals surface area contributed by atoms with E-state index in [9.17, 15) is 4.79 Å². The molecule has 2 rings (SSSR count). The van der Waals surface area contributed by atoms with E-state index in [-0.39, 0.29) is 5.91 Å². The third kappa shape index (κ3) is 3.21. The molecule has 0 radical (unpaired) electrons. The molecule has 0 bridgehead atoms. The zero-order valence-electron chi connectivity index (χ0n) is 7.61. The first kappa shape index (κ1) is 12.0. The van der Waals surface area contributed by atoms with Gasteiger partial charge in [0.25, 0.3) is 0 Å². The number of halogens is 2. The van der Waals surface area contributed by atoms with E-state index in [4.69, 9.17) is 0 Å². The van der Waals surface area contributed by atoms with Gasteiger partial charge < -0.3 is 5.32 Å². The van der Waals surface area contributed by atoms with Crippen LogP contribution in [0.1, 0.15) is 38.5 Å². The number of amides is 1. The first-order valence-electron chi connectivity index (χ1n) is 4.72. The van der Waals surface area contributed by atoms with Crippen LogP contribution in [0, 0.1) is 5.41 Å². The van der Waals surface area contributed by atoms with Crippen LogP contribution in [0.5, 0.6) is 0 Å². The number of carbonyl (C=O) groups is 1. The number of rotatable bonds is 0. The van der Waals surface area contributed by atoms with Gasteiger partial charge in [0.15, 0.2) is 0 Å². The summed E-state index contributed by atoms with van der Waals surface area (Å²) in [6.45, 7) is 0.950. The van der Waals surface area contributed by atoms with Gasteiger partial charge in [-0.25, -0.2) is 0 Å². The molecular weight excluding hydrogens is 392 g/mol. The van der Waals surface area contributed by atoms with Crippen LogP contribution < -0.4 is 5.32 Å². The van der Waals surface area contributed by atoms with Gasteiger partial charge in [0.05, 0.1) is 0 Å². The number of hydrogen-bond acceptors (Lipinski definition) is 1. The number of hydrogen-bond donors (Lipinski definition) is 1. The molecule has 1 spiro atoms. The van der Waals surface area contributed by atoms with Gasteiger partial charge >= 0.3 is 0 Å². The second-order valence-electron chi connectivity index (χ2n) is 4.01. The summed E-state index contributed by atoms with van der Waals surface area (Å²) in [4.78, 5) is 11.0. The van der Waals surface area contributed by atoms with Crippen LogP contribution in [0.15, 0.2) is 0 Å². The average molecular weight is 407 g/mol. The highest BCUT2D eigenvalue weighted by Crippen LogP contribution is 2.40. The Bertz CT molecular complexity index is 178. The molecule has 0 atom stereocenters. The van der Waals surface area contributed by atoms with Gasteiger partial charge in [-0.3, -0.25) is 4.79 Å². The molecule has 1 saturated heterocycles. The third-order valence-corrected chi connectivity index (χ3v) is 3.11. The summed E-state index contributed by atoms with van der Waals surface area (Å²) >= 11 is 4.24. The molecule has 2 fully saturated rings. The first-order valence-corrected chi connectivity index (χ1v) is 11.0. The van der Waals surface area contributed by atoms with Crippen LogP contribution in [-0.4, -0.2) is 12.5 Å². The quantitative estimate of drug-likeness (QED) is 0.615. The second kappa shape index (κ2) is 5.72. The van der Waals surface area contributed by atoms with Crippen molar-refractivity contribution < 1.29 is 4.79 Å². The molecule has 2 nitrogen and oxygen atoms in total. The summed E-state index contributed by atoms with van der Waals surface area (Å²) in [5.41, 5.74) is 0.384. The maximum Gasteiger partial charge on any atom is 0.220 e. The summed E-state index contributed by atoms with van der Waals surface area (Å²) in [7, 11) is 0. The predicted molar refractivity (Wildman–Crippen MR) is 71.2 cm³/mol. The van der Waals surface area contributed by atoms with Crippen LogP contribution in [0.3, 0.4) is 0 Å². The number of nitrogens with one attached hydrogen (secondary N) is 1. The van der Waals surface area contributed by atoms with E-state index in [0.717, 1.165) is 13.0 Å². The Labute approximate surface area is 103 Å². The van der Waals surface area contributed by atoms with E-state index in [0.29, 0.717) is 5.41 Å². The molecule has 2 aliphatic rings. The number of carbonyl (C=O) groups excluding carboxylic acids is 1. The fraction of sp³-hybridized carbons (Fsp3) is 0.889.